The van der Waals surface area contributed by atoms with Gasteiger partial charge in [-0.15, -0.1) is 0 Å². The van der Waals surface area contributed by atoms with Gasteiger partial charge in [-0.3, -0.25) is 9.78 Å². The summed E-state index contributed by atoms with van der Waals surface area (Å²) >= 11 is 5.65. The molecular weight excluding hydrogens is 285 g/mol. The lowest BCUT2D eigenvalue weighted by Crippen LogP contribution is -2.04. The first-order valence-electron chi connectivity index (χ1n) is 5.68. The van der Waals surface area contributed by atoms with Crippen molar-refractivity contribution in [3.8, 4) is 0 Å². The summed E-state index contributed by atoms with van der Waals surface area (Å²) in [4.78, 5) is 25.8. The van der Waals surface area contributed by atoms with Gasteiger partial charge in [0.15, 0.2) is 17.2 Å². The Morgan fingerprint density at radius 2 is 2.05 bits per heavy atom. The number of carbonyl (C=O) groups is 1. The molecule has 0 aliphatic heterocycles. The highest BCUT2D eigenvalue weighted by Gasteiger charge is 2.17. The van der Waals surface area contributed by atoms with Crippen molar-refractivity contribution in [1.29, 1.82) is 0 Å². The predicted octanol–water partition coefficient (Wildman–Crippen LogP) is 3.14. The zero-order chi connectivity index (χ0) is 14.3. The maximum Gasteiger partial charge on any atom is 0.417 e. The molecule has 0 saturated heterocycles. The normalized spacial score (nSPS) is 10.9. The lowest BCUT2D eigenvalue weighted by molar-refractivity contribution is 0.103. The fraction of sp³-hybridized carbons (Fsp3) is 0. The van der Waals surface area contributed by atoms with E-state index < -0.39 is 17.4 Å². The van der Waals surface area contributed by atoms with Gasteiger partial charge in [0.05, 0.1) is 16.1 Å². The first-order valence-corrected chi connectivity index (χ1v) is 6.05. The van der Waals surface area contributed by atoms with Crippen LogP contribution < -0.4 is 5.76 Å². The number of oxazole rings is 1. The van der Waals surface area contributed by atoms with Crippen LogP contribution in [-0.2, 0) is 0 Å². The van der Waals surface area contributed by atoms with Gasteiger partial charge in [0.2, 0.25) is 0 Å². The van der Waals surface area contributed by atoms with Crippen LogP contribution in [0.2, 0.25) is 5.02 Å². The maximum atomic E-state index is 13.8. The third-order valence-electron chi connectivity index (χ3n) is 2.88. The molecule has 4 nitrogen and oxygen atoms in total. The van der Waals surface area contributed by atoms with Crippen LogP contribution in [-0.4, -0.2) is 10.8 Å². The summed E-state index contributed by atoms with van der Waals surface area (Å²) in [5.41, 5.74) is 0.789. The number of H-pyrrole nitrogens is 1. The Morgan fingerprint density at radius 1 is 1.25 bits per heavy atom. The minimum absolute atomic E-state index is 0.120. The average molecular weight is 292 g/mol. The van der Waals surface area contributed by atoms with E-state index in [1.54, 1.807) is 0 Å². The van der Waals surface area contributed by atoms with Crippen molar-refractivity contribution in [3.05, 3.63) is 68.9 Å². The summed E-state index contributed by atoms with van der Waals surface area (Å²) in [6, 6.07) is 8.60. The summed E-state index contributed by atoms with van der Waals surface area (Å²) in [6.45, 7) is 0. The minimum Gasteiger partial charge on any atom is -0.408 e. The maximum absolute atomic E-state index is 13.8. The molecule has 1 N–H and O–H groups in total. The van der Waals surface area contributed by atoms with Gasteiger partial charge < -0.3 is 4.42 Å². The molecule has 0 atom stereocenters. The summed E-state index contributed by atoms with van der Waals surface area (Å²) in [7, 11) is 0. The van der Waals surface area contributed by atoms with Gasteiger partial charge in [-0.1, -0.05) is 17.7 Å². The van der Waals surface area contributed by atoms with Crippen LogP contribution in [0.3, 0.4) is 0 Å². The van der Waals surface area contributed by atoms with Crippen molar-refractivity contribution in [3.63, 3.8) is 0 Å². The molecule has 20 heavy (non-hydrogen) atoms. The minimum atomic E-state index is -0.769. The van der Waals surface area contributed by atoms with E-state index in [0.717, 1.165) is 0 Å². The fourth-order valence-electron chi connectivity index (χ4n) is 1.92. The second kappa shape index (κ2) is 4.61. The standard InChI is InChI=1S/C14H7ClFNO3/c15-9-3-1-2-8(12(9)16)13(18)7-4-5-10-11(6-7)20-14(19)17-10/h1-6H,(H,17,19). The molecule has 1 aromatic heterocycles. The highest BCUT2D eigenvalue weighted by molar-refractivity contribution is 6.31. The zero-order valence-electron chi connectivity index (χ0n) is 9.94. The highest BCUT2D eigenvalue weighted by Crippen LogP contribution is 2.22. The van der Waals surface area contributed by atoms with E-state index in [-0.39, 0.29) is 21.7 Å². The molecule has 0 saturated carbocycles. The predicted molar refractivity (Wildman–Crippen MR) is 71.7 cm³/mol. The Bertz CT molecular complexity index is 882. The highest BCUT2D eigenvalue weighted by atomic mass is 35.5. The van der Waals surface area contributed by atoms with Gasteiger partial charge in [0, 0.05) is 5.56 Å². The van der Waals surface area contributed by atoms with Gasteiger partial charge in [-0.25, -0.2) is 9.18 Å². The number of aromatic nitrogens is 1. The van der Waals surface area contributed by atoms with E-state index in [1.165, 1.54) is 36.4 Å². The molecule has 1 heterocycles. The Labute approximate surface area is 116 Å². The van der Waals surface area contributed by atoms with E-state index in [1.807, 2.05) is 0 Å². The molecule has 0 aliphatic rings. The third kappa shape index (κ3) is 2.02. The summed E-state index contributed by atoms with van der Waals surface area (Å²) < 4.78 is 18.7. The number of nitrogens with one attached hydrogen (secondary N) is 1. The molecule has 0 bridgehead atoms. The number of rotatable bonds is 2. The van der Waals surface area contributed by atoms with E-state index in [0.29, 0.717) is 5.52 Å². The summed E-state index contributed by atoms with van der Waals surface area (Å²) in [5.74, 6) is -1.91. The van der Waals surface area contributed by atoms with Crippen LogP contribution in [0, 0.1) is 5.82 Å². The van der Waals surface area contributed by atoms with Crippen molar-refractivity contribution in [2.75, 3.05) is 0 Å². The fourth-order valence-corrected chi connectivity index (χ4v) is 2.10. The van der Waals surface area contributed by atoms with Gasteiger partial charge in [0.25, 0.3) is 0 Å². The molecule has 100 valence electrons. The van der Waals surface area contributed by atoms with E-state index in [9.17, 15) is 14.0 Å². The molecule has 0 spiro atoms. The zero-order valence-corrected chi connectivity index (χ0v) is 10.7. The van der Waals surface area contributed by atoms with Gasteiger partial charge >= 0.3 is 5.76 Å². The number of halogens is 2. The number of fused-ring (bicyclic) bond motifs is 1. The van der Waals surface area contributed by atoms with Crippen molar-refractivity contribution in [2.24, 2.45) is 0 Å². The second-order valence-corrected chi connectivity index (χ2v) is 4.56. The van der Waals surface area contributed by atoms with E-state index >= 15 is 0 Å². The largest absolute Gasteiger partial charge is 0.417 e. The molecule has 0 aliphatic carbocycles. The monoisotopic (exact) mass is 291 g/mol. The van der Waals surface area contributed by atoms with Crippen LogP contribution in [0.5, 0.6) is 0 Å². The molecule has 3 rings (SSSR count). The number of aromatic amines is 1. The van der Waals surface area contributed by atoms with E-state index in [4.69, 9.17) is 16.0 Å². The van der Waals surface area contributed by atoms with Gasteiger partial charge in [-0.05, 0) is 30.3 Å². The Morgan fingerprint density at radius 3 is 2.85 bits per heavy atom. The average Bonchev–Trinajstić information content (AvgIpc) is 2.80. The van der Waals surface area contributed by atoms with Crippen LogP contribution in [0.1, 0.15) is 15.9 Å². The summed E-state index contributed by atoms with van der Waals surface area (Å²) in [6.07, 6.45) is 0. The molecule has 2 aromatic carbocycles. The van der Waals surface area contributed by atoms with Crippen LogP contribution >= 0.6 is 11.6 Å². The topological polar surface area (TPSA) is 63.1 Å². The number of hydrogen-bond acceptors (Lipinski definition) is 3. The van der Waals surface area contributed by atoms with Crippen molar-refractivity contribution in [2.45, 2.75) is 0 Å². The summed E-state index contributed by atoms with van der Waals surface area (Å²) in [5, 5.41) is -0.120. The van der Waals surface area contributed by atoms with Crippen molar-refractivity contribution in [1.82, 2.24) is 4.98 Å². The molecule has 0 radical (unpaired) electrons. The quantitative estimate of drug-likeness (QED) is 0.738. The number of ketones is 1. The Hall–Kier alpha value is -2.40. The Balaban J connectivity index is 2.12. The van der Waals surface area contributed by atoms with Crippen molar-refractivity contribution < 1.29 is 13.6 Å². The first-order chi connectivity index (χ1) is 9.56. The van der Waals surface area contributed by atoms with Crippen LogP contribution in [0.25, 0.3) is 11.1 Å². The van der Waals surface area contributed by atoms with Gasteiger partial charge in [-0.2, -0.15) is 0 Å². The van der Waals surface area contributed by atoms with Crippen LogP contribution in [0.15, 0.2) is 45.6 Å². The molecule has 0 unspecified atom stereocenters. The molecule has 3 aromatic rings. The number of benzene rings is 2. The number of carbonyl (C=O) groups excluding carboxylic acids is 1. The van der Waals surface area contributed by atoms with Crippen molar-refractivity contribution >= 4 is 28.5 Å². The lowest BCUT2D eigenvalue weighted by Gasteiger charge is -2.03. The SMILES string of the molecule is O=C(c1ccc2[nH]c(=O)oc2c1)c1cccc(Cl)c1F. The molecule has 6 heteroatoms. The first kappa shape index (κ1) is 12.6. The van der Waals surface area contributed by atoms with Gasteiger partial charge in [0.1, 0.15) is 0 Å². The second-order valence-electron chi connectivity index (χ2n) is 4.16. The molecule has 0 fully saturated rings. The van der Waals surface area contributed by atoms with Crippen LogP contribution in [0.4, 0.5) is 4.39 Å². The molecular formula is C14H7ClFNO3. The number of hydrogen-bond donors (Lipinski definition) is 1. The van der Waals surface area contributed by atoms with E-state index in [2.05, 4.69) is 4.98 Å². The third-order valence-corrected chi connectivity index (χ3v) is 3.17. The lowest BCUT2D eigenvalue weighted by atomic mass is 10.0. The molecule has 0 amide bonds. The smallest absolute Gasteiger partial charge is 0.408 e. The Kier molecular flexibility index (Phi) is 2.91.